The zero-order chi connectivity index (χ0) is 33.1. The van der Waals surface area contributed by atoms with E-state index < -0.39 is 6.04 Å². The summed E-state index contributed by atoms with van der Waals surface area (Å²) in [4.78, 5) is 51.9. The summed E-state index contributed by atoms with van der Waals surface area (Å²) in [5.74, 6) is 0.460. The number of amides is 3. The smallest absolute Gasteiger partial charge is 0.343 e. The number of piperidine rings is 2. The van der Waals surface area contributed by atoms with E-state index in [9.17, 15) is 14.4 Å². The lowest BCUT2D eigenvalue weighted by atomic mass is 10.0. The van der Waals surface area contributed by atoms with Crippen molar-refractivity contribution < 1.29 is 9.59 Å². The van der Waals surface area contributed by atoms with Crippen LogP contribution in [-0.2, 0) is 11.2 Å². The van der Waals surface area contributed by atoms with E-state index in [1.807, 2.05) is 47.4 Å². The van der Waals surface area contributed by atoms with Gasteiger partial charge < -0.3 is 25.8 Å². The van der Waals surface area contributed by atoms with Crippen LogP contribution in [0.5, 0.6) is 0 Å². The first kappa shape index (κ1) is 33.7. The molecule has 1 atom stereocenters. The Kier molecular flexibility index (Phi) is 10.7. The van der Waals surface area contributed by atoms with Crippen LogP contribution in [0.15, 0.2) is 56.2 Å². The highest BCUT2D eigenvalue weighted by molar-refractivity contribution is 9.11. The van der Waals surface area contributed by atoms with E-state index in [4.69, 9.17) is 5.73 Å². The van der Waals surface area contributed by atoms with Crippen LogP contribution in [0.25, 0.3) is 11.4 Å². The summed E-state index contributed by atoms with van der Waals surface area (Å²) in [5.41, 5.74) is 8.19. The Morgan fingerprint density at radius 2 is 1.53 bits per heavy atom. The molecule has 12 nitrogen and oxygen atoms in total. The second kappa shape index (κ2) is 14.9. The molecule has 14 heteroatoms. The molecule has 4 heterocycles. The van der Waals surface area contributed by atoms with Gasteiger partial charge in [0.2, 0.25) is 5.91 Å². The summed E-state index contributed by atoms with van der Waals surface area (Å²) in [5, 5.41) is 7.64. The van der Waals surface area contributed by atoms with Gasteiger partial charge in [-0.1, -0.05) is 30.3 Å². The van der Waals surface area contributed by atoms with Gasteiger partial charge in [-0.15, -0.1) is 5.10 Å². The maximum atomic E-state index is 14.0. The lowest BCUT2D eigenvalue weighted by Crippen LogP contribution is -2.59. The number of hydrogen-bond acceptors (Lipinski definition) is 7. The fraction of sp³-hybridized carbons (Fsp3) is 0.515. The summed E-state index contributed by atoms with van der Waals surface area (Å²) in [6, 6.07) is 12.8. The second-order valence-electron chi connectivity index (χ2n) is 12.9. The van der Waals surface area contributed by atoms with Gasteiger partial charge in [-0.05, 0) is 95.4 Å². The Hall–Kier alpha value is -3.20. The summed E-state index contributed by atoms with van der Waals surface area (Å²) >= 11 is 7.04. The molecule has 252 valence electrons. The van der Waals surface area contributed by atoms with E-state index in [1.54, 1.807) is 4.90 Å². The summed E-state index contributed by atoms with van der Waals surface area (Å²) in [7, 11) is 2.17. The number of benzene rings is 2. The maximum Gasteiger partial charge on any atom is 0.343 e. The summed E-state index contributed by atoms with van der Waals surface area (Å²) in [6.07, 6.45) is 3.82. The summed E-state index contributed by atoms with van der Waals surface area (Å²) < 4.78 is 2.97. The van der Waals surface area contributed by atoms with Crippen LogP contribution >= 0.6 is 31.9 Å². The summed E-state index contributed by atoms with van der Waals surface area (Å²) in [6.45, 7) is 6.07. The number of urea groups is 1. The third-order valence-electron chi connectivity index (χ3n) is 9.79. The molecule has 6 rings (SSSR count). The first-order valence-electron chi connectivity index (χ1n) is 16.4. The van der Waals surface area contributed by atoms with Crippen molar-refractivity contribution in [2.24, 2.45) is 0 Å². The Bertz CT molecular complexity index is 1580. The van der Waals surface area contributed by atoms with E-state index >= 15 is 0 Å². The van der Waals surface area contributed by atoms with Gasteiger partial charge in [0.1, 0.15) is 6.04 Å². The zero-order valence-corrected chi connectivity index (χ0v) is 29.9. The Labute approximate surface area is 291 Å². The number of carbonyl (C=O) groups excluding carboxylic acids is 2. The number of nitrogens with two attached hydrogens (primary N) is 1. The number of piperazine rings is 1. The highest BCUT2D eigenvalue weighted by Gasteiger charge is 2.34. The van der Waals surface area contributed by atoms with Crippen molar-refractivity contribution in [2.75, 3.05) is 65.1 Å². The molecular formula is C33H43Br2N9O3. The van der Waals surface area contributed by atoms with E-state index in [-0.39, 0.29) is 23.7 Å². The number of hydrogen-bond donors (Lipinski definition) is 3. The number of aromatic amines is 1. The fourth-order valence-electron chi connectivity index (χ4n) is 6.94. The van der Waals surface area contributed by atoms with E-state index in [0.717, 1.165) is 59.1 Å². The van der Waals surface area contributed by atoms with Gasteiger partial charge in [-0.25, -0.2) is 14.3 Å². The Balaban J connectivity index is 1.10. The molecule has 3 aromatic rings. The number of likely N-dealkylation sites (tertiary alicyclic amines) is 2. The van der Waals surface area contributed by atoms with Crippen LogP contribution in [0.4, 0.5) is 10.5 Å². The van der Waals surface area contributed by atoms with Crippen LogP contribution in [0.3, 0.4) is 0 Å². The third-order valence-corrected chi connectivity index (χ3v) is 11.1. The molecular weight excluding hydrogens is 730 g/mol. The van der Waals surface area contributed by atoms with Crippen LogP contribution in [0.2, 0.25) is 0 Å². The predicted molar refractivity (Wildman–Crippen MR) is 189 cm³/mol. The number of anilines is 1. The molecule has 3 amide bonds. The highest BCUT2D eigenvalue weighted by atomic mass is 79.9. The zero-order valence-electron chi connectivity index (χ0n) is 26.7. The van der Waals surface area contributed by atoms with Gasteiger partial charge in [-0.2, -0.15) is 0 Å². The number of nitrogens with zero attached hydrogens (tertiary/aromatic N) is 6. The second-order valence-corrected chi connectivity index (χ2v) is 14.6. The first-order chi connectivity index (χ1) is 22.7. The number of rotatable bonds is 7. The molecule has 47 heavy (non-hydrogen) atoms. The Morgan fingerprint density at radius 3 is 2.17 bits per heavy atom. The monoisotopic (exact) mass is 771 g/mol. The van der Waals surface area contributed by atoms with Crippen molar-refractivity contribution >= 4 is 49.5 Å². The molecule has 0 unspecified atom stereocenters. The number of carbonyl (C=O) groups is 2. The van der Waals surface area contributed by atoms with Crippen molar-refractivity contribution in [1.29, 1.82) is 0 Å². The quantitative estimate of drug-likeness (QED) is 0.313. The van der Waals surface area contributed by atoms with E-state index in [2.05, 4.69) is 64.1 Å². The van der Waals surface area contributed by atoms with E-state index in [1.165, 1.54) is 4.68 Å². The molecule has 2 aromatic carbocycles. The average Bonchev–Trinajstić information content (AvgIpc) is 3.48. The number of H-pyrrole nitrogens is 1. The van der Waals surface area contributed by atoms with Crippen molar-refractivity contribution in [3.63, 3.8) is 0 Å². The molecule has 0 aliphatic carbocycles. The normalized spacial score (nSPS) is 19.6. The van der Waals surface area contributed by atoms with Crippen LogP contribution in [0.1, 0.15) is 37.3 Å². The molecule has 3 saturated heterocycles. The number of nitrogens with one attached hydrogen (secondary N) is 2. The molecule has 0 radical (unpaired) electrons. The number of nitrogen functional groups attached to an aromatic ring is 1. The van der Waals surface area contributed by atoms with Gasteiger partial charge in [0, 0.05) is 66.2 Å². The molecule has 0 spiro atoms. The minimum atomic E-state index is -0.736. The van der Waals surface area contributed by atoms with Crippen LogP contribution in [-0.4, -0.2) is 118 Å². The van der Waals surface area contributed by atoms with Crippen molar-refractivity contribution in [1.82, 2.24) is 39.7 Å². The topological polar surface area (TPSA) is 136 Å². The SMILES string of the molecule is CN1CCC(N2CCN(C(=O)[C@@H](Cc3cc(Br)c(N)c(Br)c3)NC(=O)N3CCC(n4nc(-c5ccccc5)[nH]c4=O)CC3)CC2)CC1. The number of aromatic nitrogens is 3. The largest absolute Gasteiger partial charge is 0.397 e. The van der Waals surface area contributed by atoms with Crippen LogP contribution in [0, 0.1) is 0 Å². The van der Waals surface area contributed by atoms with Gasteiger partial charge >= 0.3 is 11.7 Å². The van der Waals surface area contributed by atoms with Gasteiger partial charge in [0.25, 0.3) is 0 Å². The molecule has 4 N–H and O–H groups in total. The van der Waals surface area contributed by atoms with Gasteiger partial charge in [0.15, 0.2) is 5.82 Å². The minimum absolute atomic E-state index is 0.0724. The molecule has 3 aliphatic rings. The third kappa shape index (κ3) is 7.93. The molecule has 3 fully saturated rings. The van der Waals surface area contributed by atoms with Crippen LogP contribution < -0.4 is 16.7 Å². The molecule has 1 aromatic heterocycles. The van der Waals surface area contributed by atoms with Gasteiger partial charge in [0.05, 0.1) is 11.7 Å². The van der Waals surface area contributed by atoms with Gasteiger partial charge in [-0.3, -0.25) is 14.7 Å². The van der Waals surface area contributed by atoms with Crippen molar-refractivity contribution in [2.45, 2.75) is 50.2 Å². The average molecular weight is 774 g/mol. The Morgan fingerprint density at radius 1 is 0.915 bits per heavy atom. The van der Waals surface area contributed by atoms with E-state index in [0.29, 0.717) is 63.0 Å². The lowest BCUT2D eigenvalue weighted by Gasteiger charge is -2.43. The highest BCUT2D eigenvalue weighted by Crippen LogP contribution is 2.30. The van der Waals surface area contributed by atoms with Crippen molar-refractivity contribution in [3.8, 4) is 11.4 Å². The van der Waals surface area contributed by atoms with Crippen molar-refractivity contribution in [3.05, 3.63) is 67.5 Å². The maximum absolute atomic E-state index is 14.0. The minimum Gasteiger partial charge on any atom is -0.397 e. The molecule has 0 bridgehead atoms. The fourth-order valence-corrected chi connectivity index (χ4v) is 8.22. The molecule has 0 saturated carbocycles. The number of halogens is 2. The predicted octanol–water partition coefficient (Wildman–Crippen LogP) is 3.54. The molecule has 3 aliphatic heterocycles. The lowest BCUT2D eigenvalue weighted by molar-refractivity contribution is -0.135. The standard InChI is InChI=1S/C33H43Br2N9O3/c1-40-11-7-24(8-12-40)41-15-17-42(18-16-41)31(45)28(21-22-19-26(34)29(36)27(35)20-22)37-32(46)43-13-9-25(10-14-43)44-33(47)38-30(39-44)23-5-3-2-4-6-23/h2-6,19-20,24-25,28H,7-18,21,36H2,1H3,(H,37,46)(H,38,39,47)/t28-/m1/s1. The first-order valence-corrected chi connectivity index (χ1v) is 18.0.